The van der Waals surface area contributed by atoms with E-state index in [0.29, 0.717) is 29.7 Å². The molecule has 2 aromatic rings. The van der Waals surface area contributed by atoms with Crippen molar-refractivity contribution >= 4 is 21.6 Å². The molecule has 5 rings (SSSR count). The minimum atomic E-state index is -3.70. The maximum absolute atomic E-state index is 13.2. The van der Waals surface area contributed by atoms with Gasteiger partial charge in [-0.1, -0.05) is 0 Å². The highest BCUT2D eigenvalue weighted by molar-refractivity contribution is 7.89. The summed E-state index contributed by atoms with van der Waals surface area (Å²) in [6.07, 6.45) is 1.27. The van der Waals surface area contributed by atoms with Crippen molar-refractivity contribution in [2.24, 2.45) is 17.8 Å². The number of benzene rings is 1. The summed E-state index contributed by atoms with van der Waals surface area (Å²) in [4.78, 5) is 16.6. The molecule has 1 aromatic carbocycles. The third-order valence-corrected chi connectivity index (χ3v) is 8.51. The number of amides is 1. The van der Waals surface area contributed by atoms with Gasteiger partial charge in [-0.15, -0.1) is 0 Å². The number of fused-ring (bicyclic) bond motifs is 1. The van der Waals surface area contributed by atoms with Gasteiger partial charge in [0.2, 0.25) is 15.8 Å². The van der Waals surface area contributed by atoms with Crippen molar-refractivity contribution < 1.29 is 22.7 Å². The van der Waals surface area contributed by atoms with Crippen LogP contribution in [-0.4, -0.2) is 47.4 Å². The van der Waals surface area contributed by atoms with Gasteiger partial charge in [-0.2, -0.15) is 4.31 Å². The average molecular weight is 417 g/mol. The zero-order chi connectivity index (χ0) is 20.5. The molecule has 5 atom stereocenters. The van der Waals surface area contributed by atoms with Crippen LogP contribution < -0.4 is 5.32 Å². The Morgan fingerprint density at radius 1 is 1.21 bits per heavy atom. The first-order chi connectivity index (χ1) is 13.8. The standard InChI is InChI=1S/C20H23N3O5S/c1-10-19(28-11(2)21-10)20(25)22-14-3-5-15(6-4-14)29(26,27)23-9-13-7-12-8-16(13)17(23)18(12)24/h3-6,12-13,16-18,24H,7-9H2,1-2H3,(H,22,25)/t12-,13-,16+,17+,18-/m0/s1. The smallest absolute Gasteiger partial charge is 0.293 e. The largest absolute Gasteiger partial charge is 0.436 e. The van der Waals surface area contributed by atoms with Crippen molar-refractivity contribution in [3.8, 4) is 0 Å². The predicted octanol–water partition coefficient (Wildman–Crippen LogP) is 1.93. The van der Waals surface area contributed by atoms with Crippen molar-refractivity contribution in [2.75, 3.05) is 11.9 Å². The van der Waals surface area contributed by atoms with E-state index in [1.807, 2.05) is 0 Å². The normalized spacial score (nSPS) is 30.8. The topological polar surface area (TPSA) is 113 Å². The van der Waals surface area contributed by atoms with Gasteiger partial charge in [0.15, 0.2) is 5.89 Å². The van der Waals surface area contributed by atoms with Gasteiger partial charge in [0.1, 0.15) is 0 Å². The van der Waals surface area contributed by atoms with Crippen LogP contribution in [0, 0.1) is 31.6 Å². The molecule has 2 N–H and O–H groups in total. The fraction of sp³-hybridized carbons (Fsp3) is 0.500. The zero-order valence-electron chi connectivity index (χ0n) is 16.2. The van der Waals surface area contributed by atoms with Crippen LogP contribution in [-0.2, 0) is 10.0 Å². The Kier molecular flexibility index (Phi) is 4.13. The summed E-state index contributed by atoms with van der Waals surface area (Å²) in [6.45, 7) is 3.83. The minimum Gasteiger partial charge on any atom is -0.436 e. The van der Waals surface area contributed by atoms with Crippen LogP contribution in [0.4, 0.5) is 5.69 Å². The number of sulfonamides is 1. The second kappa shape index (κ2) is 6.38. The highest BCUT2D eigenvalue weighted by atomic mass is 32.2. The van der Waals surface area contributed by atoms with Gasteiger partial charge in [0.05, 0.1) is 22.7 Å². The van der Waals surface area contributed by atoms with E-state index >= 15 is 0 Å². The van der Waals surface area contributed by atoms with Crippen LogP contribution in [0.2, 0.25) is 0 Å². The third kappa shape index (κ3) is 2.83. The highest BCUT2D eigenvalue weighted by Gasteiger charge is 2.61. The quantitative estimate of drug-likeness (QED) is 0.786. The lowest BCUT2D eigenvalue weighted by Gasteiger charge is -2.28. The van der Waals surface area contributed by atoms with Crippen LogP contribution >= 0.6 is 0 Å². The molecule has 3 fully saturated rings. The minimum absolute atomic E-state index is 0.136. The monoisotopic (exact) mass is 417 g/mol. The van der Waals surface area contributed by atoms with Crippen LogP contribution in [0.3, 0.4) is 0 Å². The van der Waals surface area contributed by atoms with Crippen molar-refractivity contribution in [1.82, 2.24) is 9.29 Å². The van der Waals surface area contributed by atoms with Gasteiger partial charge in [-0.3, -0.25) is 4.79 Å². The molecular formula is C20H23N3O5S. The van der Waals surface area contributed by atoms with E-state index in [0.717, 1.165) is 12.8 Å². The van der Waals surface area contributed by atoms with Gasteiger partial charge in [0.25, 0.3) is 5.91 Å². The second-order valence-corrected chi connectivity index (χ2v) is 10.2. The molecule has 154 valence electrons. The molecule has 1 saturated heterocycles. The van der Waals surface area contributed by atoms with E-state index in [9.17, 15) is 18.3 Å². The number of aryl methyl sites for hydroxylation is 2. The molecule has 2 bridgehead atoms. The number of hydrogen-bond donors (Lipinski definition) is 2. The molecule has 0 unspecified atom stereocenters. The van der Waals surface area contributed by atoms with E-state index in [-0.39, 0.29) is 28.5 Å². The molecule has 9 heteroatoms. The average Bonchev–Trinajstić information content (AvgIpc) is 3.37. The van der Waals surface area contributed by atoms with E-state index in [4.69, 9.17) is 4.42 Å². The summed E-state index contributed by atoms with van der Waals surface area (Å²) in [6, 6.07) is 5.79. The van der Waals surface area contributed by atoms with Crippen molar-refractivity contribution in [3.05, 3.63) is 41.6 Å². The molecule has 1 amide bonds. The molecule has 0 radical (unpaired) electrons. The zero-order valence-corrected chi connectivity index (χ0v) is 17.0. The number of hydrogen-bond acceptors (Lipinski definition) is 6. The lowest BCUT2D eigenvalue weighted by atomic mass is 9.88. The predicted molar refractivity (Wildman–Crippen MR) is 104 cm³/mol. The molecule has 8 nitrogen and oxygen atoms in total. The lowest BCUT2D eigenvalue weighted by molar-refractivity contribution is 0.0731. The number of oxazole rings is 1. The molecule has 0 spiro atoms. The summed E-state index contributed by atoms with van der Waals surface area (Å²) < 4.78 is 33.2. The number of nitrogens with zero attached hydrogens (tertiary/aromatic N) is 2. The Bertz CT molecular complexity index is 1080. The number of anilines is 1. The van der Waals surface area contributed by atoms with Crippen LogP contribution in [0.25, 0.3) is 0 Å². The Balaban J connectivity index is 1.35. The van der Waals surface area contributed by atoms with Gasteiger partial charge in [-0.25, -0.2) is 13.4 Å². The summed E-state index contributed by atoms with van der Waals surface area (Å²) in [7, 11) is -3.70. The second-order valence-electron chi connectivity index (χ2n) is 8.34. The van der Waals surface area contributed by atoms with Crippen LogP contribution in [0.15, 0.2) is 33.6 Å². The summed E-state index contributed by atoms with van der Waals surface area (Å²) >= 11 is 0. The SMILES string of the molecule is Cc1nc(C)c(C(=O)Nc2ccc(S(=O)(=O)N3C[C@@H]4C[C@H]5C[C@H]4[C@@H]3[C@H]5O)cc2)o1. The summed E-state index contributed by atoms with van der Waals surface area (Å²) in [5.74, 6) is 0.972. The van der Waals surface area contributed by atoms with Crippen LogP contribution in [0.1, 0.15) is 35.0 Å². The Morgan fingerprint density at radius 2 is 1.93 bits per heavy atom. The maximum Gasteiger partial charge on any atom is 0.293 e. The first-order valence-electron chi connectivity index (χ1n) is 9.81. The lowest BCUT2D eigenvalue weighted by Crippen LogP contribution is -2.43. The van der Waals surface area contributed by atoms with E-state index < -0.39 is 22.0 Å². The summed E-state index contributed by atoms with van der Waals surface area (Å²) in [5.41, 5.74) is 0.959. The molecule has 2 aliphatic carbocycles. The molecule has 2 saturated carbocycles. The Morgan fingerprint density at radius 3 is 2.55 bits per heavy atom. The molecule has 3 aliphatic rings. The molecule has 29 heavy (non-hydrogen) atoms. The Labute approximate surface area is 169 Å². The fourth-order valence-corrected chi connectivity index (χ4v) is 7.15. The number of rotatable bonds is 4. The molecule has 1 aromatic heterocycles. The number of carbonyl (C=O) groups excluding carboxylic acids is 1. The van der Waals surface area contributed by atoms with Gasteiger partial charge >= 0.3 is 0 Å². The first-order valence-corrected chi connectivity index (χ1v) is 11.2. The highest BCUT2D eigenvalue weighted by Crippen LogP contribution is 2.56. The molecule has 2 heterocycles. The molecule has 1 aliphatic heterocycles. The van der Waals surface area contributed by atoms with Gasteiger partial charge in [-0.05, 0) is 61.8 Å². The number of aliphatic hydroxyl groups excluding tert-OH is 1. The first kappa shape index (κ1) is 18.8. The van der Waals surface area contributed by atoms with Crippen molar-refractivity contribution in [2.45, 2.75) is 43.7 Å². The third-order valence-electron chi connectivity index (χ3n) is 6.63. The number of nitrogens with one attached hydrogen (secondary N) is 1. The molecular weight excluding hydrogens is 394 g/mol. The summed E-state index contributed by atoms with van der Waals surface area (Å²) in [5, 5.41) is 13.2. The number of aliphatic hydroxyl groups is 1. The van der Waals surface area contributed by atoms with E-state index in [1.54, 1.807) is 26.0 Å². The maximum atomic E-state index is 13.2. The fourth-order valence-electron chi connectivity index (χ4n) is 5.41. The van der Waals surface area contributed by atoms with Gasteiger partial charge in [0, 0.05) is 19.2 Å². The number of carbonyl (C=O) groups is 1. The van der Waals surface area contributed by atoms with E-state index in [1.165, 1.54) is 16.4 Å². The Hall–Kier alpha value is -2.23. The van der Waals surface area contributed by atoms with Gasteiger partial charge < -0.3 is 14.8 Å². The number of aromatic nitrogens is 1. The van der Waals surface area contributed by atoms with Crippen LogP contribution in [0.5, 0.6) is 0 Å². The van der Waals surface area contributed by atoms with Crippen molar-refractivity contribution in [1.29, 1.82) is 0 Å². The van der Waals surface area contributed by atoms with Crippen molar-refractivity contribution in [3.63, 3.8) is 0 Å². The van der Waals surface area contributed by atoms with E-state index in [2.05, 4.69) is 10.3 Å².